The Bertz CT molecular complexity index is 1330. The van der Waals surface area contributed by atoms with Crippen molar-refractivity contribution in [2.45, 2.75) is 0 Å². The lowest BCUT2D eigenvalue weighted by Crippen LogP contribution is -2.01. The second kappa shape index (κ2) is 10.1. The van der Waals surface area contributed by atoms with Crippen molar-refractivity contribution < 1.29 is 40.2 Å². The van der Waals surface area contributed by atoms with Crippen LogP contribution in [0.2, 0.25) is 0 Å². The van der Waals surface area contributed by atoms with E-state index in [1.165, 1.54) is 42.5 Å². The molecule has 4 rings (SSSR count). The van der Waals surface area contributed by atoms with Crippen LogP contribution in [0.15, 0.2) is 84.9 Å². The Balaban J connectivity index is 0.000000191. The SMILES string of the molecule is O=C(c1ccc(O)cc1)c1ccc(O)cc1O.O=C(c1ccccc1)c1ccc(O)c(O)c1O. The van der Waals surface area contributed by atoms with Gasteiger partial charge in [0.2, 0.25) is 5.75 Å². The highest BCUT2D eigenvalue weighted by Crippen LogP contribution is 2.37. The number of ketones is 2. The van der Waals surface area contributed by atoms with Gasteiger partial charge in [0, 0.05) is 17.2 Å². The second-order valence-electron chi connectivity index (χ2n) is 7.10. The van der Waals surface area contributed by atoms with Crippen LogP contribution < -0.4 is 0 Å². The maximum Gasteiger partial charge on any atom is 0.201 e. The summed E-state index contributed by atoms with van der Waals surface area (Å²) in [6.07, 6.45) is 0. The van der Waals surface area contributed by atoms with Crippen LogP contribution in [0.4, 0.5) is 0 Å². The first-order chi connectivity index (χ1) is 16.2. The van der Waals surface area contributed by atoms with Crippen LogP contribution in [0.1, 0.15) is 31.8 Å². The lowest BCUT2D eigenvalue weighted by Gasteiger charge is -2.06. The third kappa shape index (κ3) is 5.25. The Morgan fingerprint density at radius 3 is 1.62 bits per heavy atom. The van der Waals surface area contributed by atoms with Crippen molar-refractivity contribution in [1.82, 2.24) is 0 Å². The zero-order valence-electron chi connectivity index (χ0n) is 17.6. The molecule has 0 amide bonds. The number of phenolic OH excluding ortho intramolecular Hbond substituents is 6. The van der Waals surface area contributed by atoms with Gasteiger partial charge < -0.3 is 30.6 Å². The molecular weight excluding hydrogens is 440 g/mol. The van der Waals surface area contributed by atoms with E-state index in [1.54, 1.807) is 30.3 Å². The number of carbonyl (C=O) groups is 2. The first kappa shape index (κ1) is 23.7. The van der Waals surface area contributed by atoms with Crippen molar-refractivity contribution in [1.29, 1.82) is 0 Å². The minimum Gasteiger partial charge on any atom is -0.508 e. The fourth-order valence-electron chi connectivity index (χ4n) is 2.98. The Hall–Kier alpha value is -4.98. The molecule has 0 saturated carbocycles. The van der Waals surface area contributed by atoms with Crippen LogP contribution in [0, 0.1) is 0 Å². The maximum absolute atomic E-state index is 12.0. The zero-order chi connectivity index (χ0) is 24.8. The van der Waals surface area contributed by atoms with Crippen molar-refractivity contribution in [3.8, 4) is 34.5 Å². The highest BCUT2D eigenvalue weighted by Gasteiger charge is 2.18. The molecule has 0 bridgehead atoms. The number of carbonyl (C=O) groups excluding carboxylic acids is 2. The lowest BCUT2D eigenvalue weighted by atomic mass is 10.0. The highest BCUT2D eigenvalue weighted by molar-refractivity contribution is 6.11. The van der Waals surface area contributed by atoms with Gasteiger partial charge in [0.15, 0.2) is 23.1 Å². The Morgan fingerprint density at radius 1 is 0.471 bits per heavy atom. The third-order valence-corrected chi connectivity index (χ3v) is 4.77. The van der Waals surface area contributed by atoms with Crippen LogP contribution >= 0.6 is 0 Å². The predicted octanol–water partition coefficient (Wildman–Crippen LogP) is 4.07. The fraction of sp³-hybridized carbons (Fsp3) is 0. The van der Waals surface area contributed by atoms with Crippen molar-refractivity contribution >= 4 is 11.6 Å². The van der Waals surface area contributed by atoms with E-state index in [2.05, 4.69) is 0 Å². The van der Waals surface area contributed by atoms with Gasteiger partial charge in [-0.15, -0.1) is 0 Å². The van der Waals surface area contributed by atoms with Gasteiger partial charge >= 0.3 is 0 Å². The molecule has 4 aromatic rings. The van der Waals surface area contributed by atoms with Gasteiger partial charge in [-0.05, 0) is 48.5 Å². The summed E-state index contributed by atoms with van der Waals surface area (Å²) in [6.45, 7) is 0. The highest BCUT2D eigenvalue weighted by atomic mass is 16.3. The smallest absolute Gasteiger partial charge is 0.201 e. The van der Waals surface area contributed by atoms with Crippen molar-refractivity contribution in [2.75, 3.05) is 0 Å². The summed E-state index contributed by atoms with van der Waals surface area (Å²) in [4.78, 5) is 23.9. The van der Waals surface area contributed by atoms with Crippen LogP contribution in [-0.4, -0.2) is 42.2 Å². The van der Waals surface area contributed by atoms with E-state index < -0.39 is 23.0 Å². The van der Waals surface area contributed by atoms with Gasteiger partial charge in [-0.25, -0.2) is 0 Å². The molecule has 0 fully saturated rings. The minimum absolute atomic E-state index is 0.0495. The molecule has 0 heterocycles. The molecule has 0 atom stereocenters. The number of hydrogen-bond acceptors (Lipinski definition) is 8. The quantitative estimate of drug-likeness (QED) is 0.197. The van der Waals surface area contributed by atoms with Gasteiger partial charge in [-0.1, -0.05) is 30.3 Å². The Kier molecular flexibility index (Phi) is 7.03. The fourth-order valence-corrected chi connectivity index (χ4v) is 2.98. The lowest BCUT2D eigenvalue weighted by molar-refractivity contribution is 0.102. The molecule has 0 spiro atoms. The molecule has 4 aromatic carbocycles. The van der Waals surface area contributed by atoms with Gasteiger partial charge in [0.25, 0.3) is 0 Å². The molecule has 34 heavy (non-hydrogen) atoms. The summed E-state index contributed by atoms with van der Waals surface area (Å²) in [5, 5.41) is 55.8. The average Bonchev–Trinajstić information content (AvgIpc) is 2.83. The van der Waals surface area contributed by atoms with E-state index in [9.17, 15) is 24.9 Å². The molecular formula is C26H20O8. The van der Waals surface area contributed by atoms with Crippen LogP contribution in [0.3, 0.4) is 0 Å². The number of benzene rings is 4. The summed E-state index contributed by atoms with van der Waals surface area (Å²) in [5.41, 5.74) is 0.802. The summed E-state index contributed by atoms with van der Waals surface area (Å²) in [5.74, 6) is -2.87. The molecule has 0 saturated heterocycles. The first-order valence-corrected chi connectivity index (χ1v) is 9.88. The van der Waals surface area contributed by atoms with Crippen LogP contribution in [0.5, 0.6) is 34.5 Å². The summed E-state index contributed by atoms with van der Waals surface area (Å²) >= 11 is 0. The summed E-state index contributed by atoms with van der Waals surface area (Å²) < 4.78 is 0. The van der Waals surface area contributed by atoms with E-state index in [-0.39, 0.29) is 34.2 Å². The van der Waals surface area contributed by atoms with E-state index in [4.69, 9.17) is 15.3 Å². The largest absolute Gasteiger partial charge is 0.508 e. The molecule has 0 unspecified atom stereocenters. The van der Waals surface area contributed by atoms with Gasteiger partial charge in [-0.3, -0.25) is 9.59 Å². The van der Waals surface area contributed by atoms with E-state index >= 15 is 0 Å². The molecule has 8 heteroatoms. The van der Waals surface area contributed by atoms with Crippen LogP contribution in [-0.2, 0) is 0 Å². The average molecular weight is 460 g/mol. The van der Waals surface area contributed by atoms with Gasteiger partial charge in [0.05, 0.1) is 11.1 Å². The second-order valence-corrected chi connectivity index (χ2v) is 7.10. The van der Waals surface area contributed by atoms with E-state index in [1.807, 2.05) is 0 Å². The molecule has 0 aromatic heterocycles. The normalized spacial score (nSPS) is 10.1. The van der Waals surface area contributed by atoms with Crippen molar-refractivity contribution in [2.24, 2.45) is 0 Å². The molecule has 8 nitrogen and oxygen atoms in total. The van der Waals surface area contributed by atoms with Crippen molar-refractivity contribution in [3.63, 3.8) is 0 Å². The van der Waals surface area contributed by atoms with E-state index in [0.717, 1.165) is 12.1 Å². The predicted molar refractivity (Wildman–Crippen MR) is 123 cm³/mol. The molecule has 0 aliphatic carbocycles. The summed E-state index contributed by atoms with van der Waals surface area (Å²) in [6, 6.07) is 20.3. The standard InChI is InChI=1S/2C13H10O4/c14-9-3-1-8(2-4-9)13(17)11-6-5-10(15)7-12(11)16;14-10-7-6-9(12(16)13(10)17)11(15)8-4-2-1-3-5-8/h1-7,14-16H;1-7,14,16-17H. The monoisotopic (exact) mass is 460 g/mol. The first-order valence-electron chi connectivity index (χ1n) is 9.88. The van der Waals surface area contributed by atoms with Crippen molar-refractivity contribution in [3.05, 3.63) is 107 Å². The Labute approximate surface area is 193 Å². The topological polar surface area (TPSA) is 156 Å². The third-order valence-electron chi connectivity index (χ3n) is 4.77. The molecule has 172 valence electrons. The van der Waals surface area contributed by atoms with Crippen LogP contribution in [0.25, 0.3) is 0 Å². The molecule has 0 radical (unpaired) electrons. The molecule has 0 aliphatic rings. The summed E-state index contributed by atoms with van der Waals surface area (Å²) in [7, 11) is 0. The number of hydrogen-bond donors (Lipinski definition) is 6. The van der Waals surface area contributed by atoms with Gasteiger partial charge in [0.1, 0.15) is 17.2 Å². The minimum atomic E-state index is -0.688. The number of phenols is 6. The molecule has 6 N–H and O–H groups in total. The number of rotatable bonds is 4. The van der Waals surface area contributed by atoms with E-state index in [0.29, 0.717) is 11.1 Å². The molecule has 0 aliphatic heterocycles. The maximum atomic E-state index is 12.0. The number of aromatic hydroxyl groups is 6. The zero-order valence-corrected chi connectivity index (χ0v) is 17.6. The Morgan fingerprint density at radius 2 is 1.00 bits per heavy atom. The van der Waals surface area contributed by atoms with Gasteiger partial charge in [-0.2, -0.15) is 0 Å².